The molecule has 4 rings (SSSR count). The van der Waals surface area contributed by atoms with Gasteiger partial charge in [0, 0.05) is 24.7 Å². The predicted octanol–water partition coefficient (Wildman–Crippen LogP) is 3.21. The molecule has 1 aliphatic carbocycles. The van der Waals surface area contributed by atoms with Crippen molar-refractivity contribution in [2.75, 3.05) is 13.2 Å². The van der Waals surface area contributed by atoms with Crippen molar-refractivity contribution < 1.29 is 14.1 Å². The molecule has 1 amide bonds. The van der Waals surface area contributed by atoms with E-state index in [9.17, 15) is 4.79 Å². The molecule has 0 saturated carbocycles. The monoisotopic (exact) mass is 377 g/mol. The maximum Gasteiger partial charge on any atom is 0.277 e. The highest BCUT2D eigenvalue weighted by atomic mass is 16.5. The number of rotatable bonds is 6. The Labute approximate surface area is 163 Å². The molecule has 2 heterocycles. The van der Waals surface area contributed by atoms with Gasteiger partial charge in [0.05, 0.1) is 24.3 Å². The van der Waals surface area contributed by atoms with Gasteiger partial charge in [-0.1, -0.05) is 53.7 Å². The third-order valence-corrected chi connectivity index (χ3v) is 4.93. The van der Waals surface area contributed by atoms with Crippen LogP contribution in [0.3, 0.4) is 0 Å². The lowest BCUT2D eigenvalue weighted by molar-refractivity contribution is -0.0619. The Hall–Kier alpha value is -3.12. The highest BCUT2D eigenvalue weighted by Crippen LogP contribution is 2.32. The molecule has 28 heavy (non-hydrogen) atoms. The van der Waals surface area contributed by atoms with Crippen LogP contribution in [0.15, 0.2) is 76.6 Å². The van der Waals surface area contributed by atoms with Crippen LogP contribution in [0.2, 0.25) is 0 Å². The number of nitrogens with one attached hydrogen (secondary N) is 2. The van der Waals surface area contributed by atoms with Crippen LogP contribution in [-0.4, -0.2) is 24.3 Å². The number of carbonyl (C=O) groups is 1. The molecule has 6 heteroatoms. The Balaban J connectivity index is 1.48. The van der Waals surface area contributed by atoms with Gasteiger partial charge in [0.25, 0.3) is 5.91 Å². The van der Waals surface area contributed by atoms with E-state index in [-0.39, 0.29) is 17.0 Å². The molecule has 1 saturated heterocycles. The number of ether oxygens (including phenoxy) is 1. The van der Waals surface area contributed by atoms with E-state index in [0.717, 1.165) is 11.4 Å². The second-order valence-corrected chi connectivity index (χ2v) is 7.31. The summed E-state index contributed by atoms with van der Waals surface area (Å²) in [5.41, 5.74) is 2.93. The van der Waals surface area contributed by atoms with Crippen molar-refractivity contribution in [3.63, 3.8) is 0 Å². The van der Waals surface area contributed by atoms with E-state index in [1.165, 1.54) is 5.56 Å². The molecule has 6 nitrogen and oxygen atoms in total. The molecule has 1 fully saturated rings. The zero-order valence-electron chi connectivity index (χ0n) is 15.8. The summed E-state index contributed by atoms with van der Waals surface area (Å²) < 4.78 is 10.6. The van der Waals surface area contributed by atoms with Gasteiger partial charge in [-0.05, 0) is 18.6 Å². The summed E-state index contributed by atoms with van der Waals surface area (Å²) in [6.45, 7) is 3.88. The first kappa shape index (κ1) is 18.3. The number of amides is 1. The topological polar surface area (TPSA) is 76.4 Å². The molecule has 0 unspecified atom stereocenters. The summed E-state index contributed by atoms with van der Waals surface area (Å²) in [6.07, 6.45) is 8.52. The molecule has 0 atom stereocenters. The van der Waals surface area contributed by atoms with Crippen LogP contribution in [0.5, 0.6) is 0 Å². The summed E-state index contributed by atoms with van der Waals surface area (Å²) in [5.74, 6) is 0.387. The van der Waals surface area contributed by atoms with Gasteiger partial charge in [-0.25, -0.2) is 0 Å². The fourth-order valence-corrected chi connectivity index (χ4v) is 3.12. The lowest BCUT2D eigenvalue weighted by atomic mass is 9.86. The van der Waals surface area contributed by atoms with Gasteiger partial charge in [0.15, 0.2) is 5.69 Å². The summed E-state index contributed by atoms with van der Waals surface area (Å²) in [6, 6.07) is 11.8. The summed E-state index contributed by atoms with van der Waals surface area (Å²) in [7, 11) is 0. The highest BCUT2D eigenvalue weighted by Gasteiger charge is 2.39. The molecule has 1 aliphatic heterocycles. The van der Waals surface area contributed by atoms with Gasteiger partial charge in [0.1, 0.15) is 5.76 Å². The molecule has 0 spiro atoms. The Morgan fingerprint density at radius 3 is 2.79 bits per heavy atom. The molecular weight excluding hydrogens is 354 g/mol. The molecule has 2 N–H and O–H groups in total. The van der Waals surface area contributed by atoms with E-state index in [2.05, 4.69) is 34.0 Å². The molecular formula is C22H23N3O3. The number of hydrogen-bond acceptors (Lipinski definition) is 5. The van der Waals surface area contributed by atoms with Crippen molar-refractivity contribution in [3.8, 4) is 0 Å². The van der Waals surface area contributed by atoms with Gasteiger partial charge in [-0.15, -0.1) is 0 Å². The number of allylic oxidation sites excluding steroid dienone is 4. The SMILES string of the molecule is CC1(c2cc(C(=O)NC3=C(NCc4ccccc4)CC=CC=C3)no2)COC1. The second kappa shape index (κ2) is 7.86. The van der Waals surface area contributed by atoms with E-state index in [1.54, 1.807) is 6.07 Å². The first-order valence-corrected chi connectivity index (χ1v) is 9.34. The third-order valence-electron chi connectivity index (χ3n) is 4.93. The molecule has 144 valence electrons. The minimum absolute atomic E-state index is 0.195. The van der Waals surface area contributed by atoms with Crippen LogP contribution in [0, 0.1) is 0 Å². The second-order valence-electron chi connectivity index (χ2n) is 7.31. The van der Waals surface area contributed by atoms with Crippen molar-refractivity contribution in [3.05, 3.63) is 89.1 Å². The number of nitrogens with zero attached hydrogens (tertiary/aromatic N) is 1. The number of hydrogen-bond donors (Lipinski definition) is 2. The summed E-state index contributed by atoms with van der Waals surface area (Å²) in [4.78, 5) is 12.7. The Morgan fingerprint density at radius 1 is 1.21 bits per heavy atom. The normalized spacial score (nSPS) is 17.8. The number of carbonyl (C=O) groups excluding carboxylic acids is 1. The van der Waals surface area contributed by atoms with Gasteiger partial charge < -0.3 is 19.9 Å². The van der Waals surface area contributed by atoms with Crippen LogP contribution in [0.25, 0.3) is 0 Å². The van der Waals surface area contributed by atoms with Crippen molar-refractivity contribution in [1.29, 1.82) is 0 Å². The quantitative estimate of drug-likeness (QED) is 0.808. The Bertz CT molecular complexity index is 937. The Kier molecular flexibility index (Phi) is 5.12. The molecule has 0 bridgehead atoms. The highest BCUT2D eigenvalue weighted by molar-refractivity contribution is 5.93. The van der Waals surface area contributed by atoms with Crippen LogP contribution < -0.4 is 10.6 Å². The van der Waals surface area contributed by atoms with E-state index >= 15 is 0 Å². The van der Waals surface area contributed by atoms with E-state index in [1.807, 2.05) is 43.4 Å². The van der Waals surface area contributed by atoms with Crippen LogP contribution >= 0.6 is 0 Å². The minimum Gasteiger partial charge on any atom is -0.382 e. The van der Waals surface area contributed by atoms with E-state index in [0.29, 0.717) is 31.9 Å². The van der Waals surface area contributed by atoms with Crippen molar-refractivity contribution >= 4 is 5.91 Å². The van der Waals surface area contributed by atoms with Gasteiger partial charge in [0.2, 0.25) is 0 Å². The fraction of sp³-hybridized carbons (Fsp3) is 0.273. The largest absolute Gasteiger partial charge is 0.382 e. The smallest absolute Gasteiger partial charge is 0.277 e. The lowest BCUT2D eigenvalue weighted by Gasteiger charge is -2.35. The van der Waals surface area contributed by atoms with Gasteiger partial charge in [-0.2, -0.15) is 0 Å². The third kappa shape index (κ3) is 3.92. The average molecular weight is 377 g/mol. The molecule has 2 aromatic rings. The lowest BCUT2D eigenvalue weighted by Crippen LogP contribution is -2.43. The molecule has 2 aliphatic rings. The Morgan fingerprint density at radius 2 is 2.04 bits per heavy atom. The van der Waals surface area contributed by atoms with Crippen molar-refractivity contribution in [2.24, 2.45) is 0 Å². The zero-order valence-corrected chi connectivity index (χ0v) is 15.8. The predicted molar refractivity (Wildman–Crippen MR) is 105 cm³/mol. The first-order chi connectivity index (χ1) is 13.6. The van der Waals surface area contributed by atoms with Crippen molar-refractivity contribution in [2.45, 2.75) is 25.3 Å². The van der Waals surface area contributed by atoms with Crippen LogP contribution in [0.1, 0.15) is 35.2 Å². The molecule has 1 aromatic carbocycles. The number of benzene rings is 1. The first-order valence-electron chi connectivity index (χ1n) is 9.34. The maximum absolute atomic E-state index is 12.7. The zero-order chi connectivity index (χ0) is 19.4. The van der Waals surface area contributed by atoms with Gasteiger partial charge in [-0.3, -0.25) is 4.79 Å². The number of aromatic nitrogens is 1. The average Bonchev–Trinajstić information content (AvgIpc) is 3.09. The fourth-order valence-electron chi connectivity index (χ4n) is 3.12. The van der Waals surface area contributed by atoms with Crippen LogP contribution in [0.4, 0.5) is 0 Å². The maximum atomic E-state index is 12.7. The van der Waals surface area contributed by atoms with E-state index in [4.69, 9.17) is 9.26 Å². The minimum atomic E-state index is -0.292. The van der Waals surface area contributed by atoms with Crippen molar-refractivity contribution in [1.82, 2.24) is 15.8 Å². The standard InChI is InChI=1S/C22H23N3O3/c1-22(14-27-15-22)20-12-19(25-28-20)21(26)24-18-11-7-3-6-10-17(18)23-13-16-8-4-2-5-9-16/h2-9,11-12,23H,10,13-15H2,1H3,(H,24,26). The van der Waals surface area contributed by atoms with E-state index < -0.39 is 0 Å². The molecule has 1 aromatic heterocycles. The summed E-state index contributed by atoms with van der Waals surface area (Å²) in [5, 5.41) is 10.3. The molecule has 0 radical (unpaired) electrons. The van der Waals surface area contributed by atoms with Crippen LogP contribution in [-0.2, 0) is 16.7 Å². The summed E-state index contributed by atoms with van der Waals surface area (Å²) >= 11 is 0. The van der Waals surface area contributed by atoms with Gasteiger partial charge >= 0.3 is 0 Å².